The number of benzene rings is 4. The van der Waals surface area contributed by atoms with Crippen molar-refractivity contribution in [1.29, 1.82) is 0 Å². The predicted octanol–water partition coefficient (Wildman–Crippen LogP) is 5.95. The molecular formula is C34H32N2O5. The minimum Gasteiger partial charge on any atom is -0.493 e. The van der Waals surface area contributed by atoms with Gasteiger partial charge in [-0.1, -0.05) is 60.2 Å². The molecule has 0 spiro atoms. The molecule has 1 aliphatic rings. The summed E-state index contributed by atoms with van der Waals surface area (Å²) in [5, 5.41) is 2.95. The molecule has 0 fully saturated rings. The Balaban J connectivity index is 1.26. The van der Waals surface area contributed by atoms with Crippen LogP contribution in [0.1, 0.15) is 32.6 Å². The van der Waals surface area contributed by atoms with Crippen molar-refractivity contribution < 1.29 is 23.8 Å². The molecule has 5 rings (SSSR count). The number of anilines is 1. The summed E-state index contributed by atoms with van der Waals surface area (Å²) in [7, 11) is 3.19. The van der Waals surface area contributed by atoms with E-state index >= 15 is 0 Å². The number of para-hydroxylation sites is 2. The van der Waals surface area contributed by atoms with Gasteiger partial charge < -0.3 is 19.5 Å². The van der Waals surface area contributed by atoms with E-state index in [1.165, 1.54) is 0 Å². The lowest BCUT2D eigenvalue weighted by atomic mass is 10.1. The number of carbonyl (C=O) groups excluding carboxylic acids is 2. The Kier molecular flexibility index (Phi) is 8.34. The van der Waals surface area contributed by atoms with E-state index in [-0.39, 0.29) is 17.6 Å². The Morgan fingerprint density at radius 2 is 1.66 bits per heavy atom. The maximum Gasteiger partial charge on any atom is 0.294 e. The van der Waals surface area contributed by atoms with Crippen molar-refractivity contribution in [2.24, 2.45) is 0 Å². The molecular weight excluding hydrogens is 516 g/mol. The number of ether oxygens (including phenoxy) is 3. The Hall–Kier alpha value is -5.04. The number of carbonyl (C=O) groups is 2. The zero-order valence-corrected chi connectivity index (χ0v) is 23.3. The van der Waals surface area contributed by atoms with E-state index in [9.17, 15) is 9.59 Å². The van der Waals surface area contributed by atoms with Gasteiger partial charge in [0.1, 0.15) is 0 Å². The van der Waals surface area contributed by atoms with Gasteiger partial charge in [0.25, 0.3) is 11.8 Å². The van der Waals surface area contributed by atoms with Crippen LogP contribution in [0.3, 0.4) is 0 Å². The third-order valence-corrected chi connectivity index (χ3v) is 6.87. The van der Waals surface area contributed by atoms with Gasteiger partial charge in [0.05, 0.1) is 26.5 Å². The molecule has 2 amide bonds. The third-order valence-electron chi connectivity index (χ3n) is 6.87. The van der Waals surface area contributed by atoms with Crippen molar-refractivity contribution in [2.45, 2.75) is 19.9 Å². The van der Waals surface area contributed by atoms with E-state index in [4.69, 9.17) is 14.2 Å². The van der Waals surface area contributed by atoms with Gasteiger partial charge in [-0.25, -0.2) is 0 Å². The molecule has 0 bridgehead atoms. The molecule has 208 valence electrons. The van der Waals surface area contributed by atoms with Crippen molar-refractivity contribution in [1.82, 2.24) is 5.32 Å². The minimum absolute atomic E-state index is 0.173. The smallest absolute Gasteiger partial charge is 0.294 e. The van der Waals surface area contributed by atoms with Crippen molar-refractivity contribution >= 4 is 23.6 Å². The summed E-state index contributed by atoms with van der Waals surface area (Å²) in [4.78, 5) is 28.0. The second kappa shape index (κ2) is 12.4. The molecule has 41 heavy (non-hydrogen) atoms. The molecule has 1 heterocycles. The number of methoxy groups -OCH3 is 2. The standard InChI is InChI=1S/C34H32N2O5/c1-23-7-6-8-26(19-23)22-36-28-9-4-5-10-29(28)41-32(34(36)38)21-24-11-14-27(15-12-24)33(37)35-18-17-25-13-16-30(39-2)31(20-25)40-3/h4-16,19-21H,17-18,22H2,1-3H3,(H,35,37)/b32-21+. The highest BCUT2D eigenvalue weighted by Crippen LogP contribution is 2.36. The van der Waals surface area contributed by atoms with Crippen molar-refractivity contribution in [3.8, 4) is 17.2 Å². The summed E-state index contributed by atoms with van der Waals surface area (Å²) in [5.41, 5.74) is 5.22. The lowest BCUT2D eigenvalue weighted by Gasteiger charge is -2.30. The maximum absolute atomic E-state index is 13.5. The molecule has 0 radical (unpaired) electrons. The largest absolute Gasteiger partial charge is 0.493 e. The van der Waals surface area contributed by atoms with E-state index in [1.807, 2.05) is 67.6 Å². The summed E-state index contributed by atoms with van der Waals surface area (Å²) < 4.78 is 16.6. The van der Waals surface area contributed by atoms with Gasteiger partial charge in [0, 0.05) is 12.1 Å². The van der Waals surface area contributed by atoms with E-state index in [0.717, 1.165) is 27.9 Å². The molecule has 0 aromatic heterocycles. The van der Waals surface area contributed by atoms with E-state index in [2.05, 4.69) is 11.4 Å². The second-order valence-electron chi connectivity index (χ2n) is 9.78. The van der Waals surface area contributed by atoms with E-state index in [1.54, 1.807) is 49.5 Å². The monoisotopic (exact) mass is 548 g/mol. The van der Waals surface area contributed by atoms with Gasteiger partial charge in [-0.05, 0) is 72.5 Å². The molecule has 1 aliphatic heterocycles. The fraction of sp³-hybridized carbons (Fsp3) is 0.176. The fourth-order valence-electron chi connectivity index (χ4n) is 4.75. The first-order valence-corrected chi connectivity index (χ1v) is 13.4. The zero-order chi connectivity index (χ0) is 28.8. The van der Waals surface area contributed by atoms with E-state index < -0.39 is 0 Å². The lowest BCUT2D eigenvalue weighted by Crippen LogP contribution is -2.36. The number of rotatable bonds is 9. The minimum atomic E-state index is -0.220. The number of aryl methyl sites for hydroxylation is 1. The normalized spacial score (nSPS) is 13.4. The molecule has 1 N–H and O–H groups in total. The molecule has 0 atom stereocenters. The Bertz CT molecular complexity index is 1590. The number of amides is 2. The first-order valence-electron chi connectivity index (χ1n) is 13.4. The number of nitrogens with zero attached hydrogens (tertiary/aromatic N) is 1. The van der Waals surface area contributed by atoms with Crippen molar-refractivity contribution in [3.05, 3.63) is 125 Å². The third kappa shape index (κ3) is 6.41. The number of hydrogen-bond donors (Lipinski definition) is 1. The Morgan fingerprint density at radius 1 is 0.878 bits per heavy atom. The van der Waals surface area contributed by atoms with Gasteiger partial charge in [0.2, 0.25) is 0 Å². The highest BCUT2D eigenvalue weighted by molar-refractivity contribution is 6.09. The van der Waals surface area contributed by atoms with Crippen LogP contribution in [0.5, 0.6) is 17.2 Å². The zero-order valence-electron chi connectivity index (χ0n) is 23.3. The molecule has 0 unspecified atom stereocenters. The van der Waals surface area contributed by atoms with Crippen LogP contribution in [-0.2, 0) is 17.8 Å². The number of nitrogens with one attached hydrogen (secondary N) is 1. The van der Waals surface area contributed by atoms with Crippen LogP contribution in [-0.4, -0.2) is 32.6 Å². The molecule has 0 saturated carbocycles. The Labute approximate surface area is 240 Å². The van der Waals surface area contributed by atoms with Gasteiger partial charge in [0.15, 0.2) is 23.0 Å². The highest BCUT2D eigenvalue weighted by Gasteiger charge is 2.30. The summed E-state index contributed by atoms with van der Waals surface area (Å²) in [6.07, 6.45) is 2.36. The van der Waals surface area contributed by atoms with Gasteiger partial charge >= 0.3 is 0 Å². The van der Waals surface area contributed by atoms with E-state index in [0.29, 0.717) is 42.3 Å². The van der Waals surface area contributed by atoms with Crippen LogP contribution in [0.25, 0.3) is 6.08 Å². The summed E-state index contributed by atoms with van der Waals surface area (Å²) in [6, 6.07) is 28.4. The maximum atomic E-state index is 13.5. The molecule has 7 nitrogen and oxygen atoms in total. The fourth-order valence-corrected chi connectivity index (χ4v) is 4.75. The molecule has 4 aromatic rings. The van der Waals surface area contributed by atoms with Crippen LogP contribution >= 0.6 is 0 Å². The first-order chi connectivity index (χ1) is 19.9. The second-order valence-corrected chi connectivity index (χ2v) is 9.78. The van der Waals surface area contributed by atoms with Gasteiger partial charge in [-0.3, -0.25) is 14.5 Å². The Morgan fingerprint density at radius 3 is 2.41 bits per heavy atom. The van der Waals surface area contributed by atoms with Crippen LogP contribution < -0.4 is 24.4 Å². The first kappa shape index (κ1) is 27.5. The van der Waals surface area contributed by atoms with Gasteiger partial charge in [-0.15, -0.1) is 0 Å². The average Bonchev–Trinajstić information content (AvgIpc) is 2.99. The number of hydrogen-bond acceptors (Lipinski definition) is 5. The molecule has 0 saturated heterocycles. The topological polar surface area (TPSA) is 77.1 Å². The molecule has 4 aromatic carbocycles. The van der Waals surface area contributed by atoms with Crippen LogP contribution in [0.2, 0.25) is 0 Å². The van der Waals surface area contributed by atoms with Crippen LogP contribution in [0.15, 0.2) is 96.8 Å². The predicted molar refractivity (Wildman–Crippen MR) is 159 cm³/mol. The van der Waals surface area contributed by atoms with Gasteiger partial charge in [-0.2, -0.15) is 0 Å². The summed E-state index contributed by atoms with van der Waals surface area (Å²) in [6.45, 7) is 2.94. The quantitative estimate of drug-likeness (QED) is 0.262. The SMILES string of the molecule is COc1ccc(CCNC(=O)c2ccc(/C=C3/Oc4ccccc4N(Cc4cccc(C)c4)C3=O)cc2)cc1OC. The van der Waals surface area contributed by atoms with Crippen molar-refractivity contribution in [2.75, 3.05) is 25.7 Å². The summed E-state index contributed by atoms with van der Waals surface area (Å²) in [5.74, 6) is 1.78. The lowest BCUT2D eigenvalue weighted by molar-refractivity contribution is -0.117. The molecule has 0 aliphatic carbocycles. The van der Waals surface area contributed by atoms with Crippen LogP contribution in [0, 0.1) is 6.92 Å². The number of fused-ring (bicyclic) bond motifs is 1. The molecule has 7 heteroatoms. The van der Waals surface area contributed by atoms with Crippen LogP contribution in [0.4, 0.5) is 5.69 Å². The summed E-state index contributed by atoms with van der Waals surface area (Å²) >= 11 is 0. The van der Waals surface area contributed by atoms with Crippen molar-refractivity contribution in [3.63, 3.8) is 0 Å². The highest BCUT2D eigenvalue weighted by atomic mass is 16.5. The average molecular weight is 549 g/mol.